The van der Waals surface area contributed by atoms with E-state index in [0.717, 1.165) is 19.3 Å². The van der Waals surface area contributed by atoms with Crippen LogP contribution in [-0.4, -0.2) is 22.9 Å². The van der Waals surface area contributed by atoms with E-state index < -0.39 is 6.10 Å². The third-order valence-electron chi connectivity index (χ3n) is 2.38. The largest absolute Gasteiger partial charge is 0.394 e. The van der Waals surface area contributed by atoms with Crippen molar-refractivity contribution in [2.45, 2.75) is 45.1 Å². The van der Waals surface area contributed by atoms with Crippen molar-refractivity contribution in [2.24, 2.45) is 5.92 Å². The van der Waals surface area contributed by atoms with Crippen molar-refractivity contribution in [3.63, 3.8) is 0 Å². The second-order valence-corrected chi connectivity index (χ2v) is 3.53. The molecule has 0 spiro atoms. The summed E-state index contributed by atoms with van der Waals surface area (Å²) in [6, 6.07) is 0. The lowest BCUT2D eigenvalue weighted by molar-refractivity contribution is 0.0437. The Morgan fingerprint density at radius 2 is 2.08 bits per heavy atom. The Morgan fingerprint density at radius 3 is 2.54 bits per heavy atom. The van der Waals surface area contributed by atoms with Gasteiger partial charge in [-0.25, -0.2) is 0 Å². The second kappa shape index (κ2) is 8.27. The van der Waals surface area contributed by atoms with Crippen LogP contribution >= 0.6 is 0 Å². The Kier molecular flexibility index (Phi) is 8.05. The molecular weight excluding hydrogens is 164 g/mol. The van der Waals surface area contributed by atoms with E-state index in [1.54, 1.807) is 0 Å². The van der Waals surface area contributed by atoms with Gasteiger partial charge in [-0.15, -0.1) is 6.58 Å². The van der Waals surface area contributed by atoms with Crippen LogP contribution < -0.4 is 0 Å². The number of aliphatic hydroxyl groups excluding tert-OH is 2. The Bertz CT molecular complexity index is 123. The maximum Gasteiger partial charge on any atom is 0.0801 e. The lowest BCUT2D eigenvalue weighted by Crippen LogP contribution is -2.23. The van der Waals surface area contributed by atoms with Gasteiger partial charge in [0.25, 0.3) is 0 Å². The van der Waals surface area contributed by atoms with Gasteiger partial charge in [-0.1, -0.05) is 32.3 Å². The summed E-state index contributed by atoms with van der Waals surface area (Å²) in [5, 5.41) is 18.3. The lowest BCUT2D eigenvalue weighted by atomic mass is 9.92. The van der Waals surface area contributed by atoms with E-state index in [1.165, 1.54) is 12.8 Å². The molecule has 0 aliphatic rings. The molecule has 2 unspecified atom stereocenters. The van der Waals surface area contributed by atoms with Gasteiger partial charge in [-0.2, -0.15) is 0 Å². The molecule has 0 rings (SSSR count). The highest BCUT2D eigenvalue weighted by Gasteiger charge is 2.15. The second-order valence-electron chi connectivity index (χ2n) is 3.53. The topological polar surface area (TPSA) is 40.5 Å². The highest BCUT2D eigenvalue weighted by atomic mass is 16.3. The Balaban J connectivity index is 3.72. The lowest BCUT2D eigenvalue weighted by Gasteiger charge is -2.19. The summed E-state index contributed by atoms with van der Waals surface area (Å²) >= 11 is 0. The number of rotatable bonds is 8. The molecule has 0 aliphatic carbocycles. The predicted octanol–water partition coefficient (Wildman–Crippen LogP) is 2.11. The molecule has 0 aromatic carbocycles. The minimum Gasteiger partial charge on any atom is -0.394 e. The Hall–Kier alpha value is -0.340. The van der Waals surface area contributed by atoms with Gasteiger partial charge in [0.2, 0.25) is 0 Å². The van der Waals surface area contributed by atoms with Gasteiger partial charge in [0.05, 0.1) is 12.7 Å². The molecule has 2 heteroatoms. The number of hydrogen-bond acceptors (Lipinski definition) is 2. The maximum atomic E-state index is 9.45. The van der Waals surface area contributed by atoms with Crippen LogP contribution in [0.1, 0.15) is 39.0 Å². The van der Waals surface area contributed by atoms with Crippen molar-refractivity contribution in [1.82, 2.24) is 0 Å². The Morgan fingerprint density at radius 1 is 1.38 bits per heavy atom. The van der Waals surface area contributed by atoms with Gasteiger partial charge in [-0.3, -0.25) is 0 Å². The number of hydrogen-bond donors (Lipinski definition) is 2. The van der Waals surface area contributed by atoms with Crippen LogP contribution in [0.2, 0.25) is 0 Å². The first-order valence-corrected chi connectivity index (χ1v) is 5.16. The minimum absolute atomic E-state index is 0.134. The third-order valence-corrected chi connectivity index (χ3v) is 2.38. The molecule has 0 bridgehead atoms. The molecule has 0 aromatic heterocycles. The molecule has 0 aromatic rings. The predicted molar refractivity (Wildman–Crippen MR) is 55.5 cm³/mol. The standard InChI is InChI=1S/C11H22O2/c1-3-5-6-8-10(7-4-2)11(13)9-12/h4,10-13H,2-3,5-9H2,1H3. The Labute approximate surface area is 81.3 Å². The summed E-state index contributed by atoms with van der Waals surface area (Å²) in [6.45, 7) is 5.68. The van der Waals surface area contributed by atoms with Crippen LogP contribution in [0.5, 0.6) is 0 Å². The third kappa shape index (κ3) is 5.83. The van der Waals surface area contributed by atoms with E-state index in [-0.39, 0.29) is 12.5 Å². The molecule has 2 N–H and O–H groups in total. The number of aliphatic hydroxyl groups is 2. The first-order valence-electron chi connectivity index (χ1n) is 5.16. The zero-order chi connectivity index (χ0) is 10.1. The summed E-state index contributed by atoms with van der Waals surface area (Å²) in [5.41, 5.74) is 0. The number of unbranched alkanes of at least 4 members (excludes halogenated alkanes) is 2. The van der Waals surface area contributed by atoms with Crippen LogP contribution in [0.15, 0.2) is 12.7 Å². The molecular formula is C11H22O2. The van der Waals surface area contributed by atoms with E-state index in [9.17, 15) is 5.11 Å². The number of allylic oxidation sites excluding steroid dienone is 1. The van der Waals surface area contributed by atoms with Gasteiger partial charge < -0.3 is 10.2 Å². The zero-order valence-electron chi connectivity index (χ0n) is 8.58. The van der Waals surface area contributed by atoms with E-state index in [2.05, 4.69) is 13.5 Å². The van der Waals surface area contributed by atoms with Gasteiger partial charge in [0, 0.05) is 0 Å². The van der Waals surface area contributed by atoms with Crippen molar-refractivity contribution >= 4 is 0 Å². The zero-order valence-corrected chi connectivity index (χ0v) is 8.58. The van der Waals surface area contributed by atoms with Gasteiger partial charge in [0.15, 0.2) is 0 Å². The molecule has 0 saturated heterocycles. The highest BCUT2D eigenvalue weighted by Crippen LogP contribution is 2.18. The monoisotopic (exact) mass is 186 g/mol. The molecule has 0 heterocycles. The minimum atomic E-state index is -0.574. The molecule has 2 nitrogen and oxygen atoms in total. The van der Waals surface area contributed by atoms with Crippen LogP contribution in [0.3, 0.4) is 0 Å². The molecule has 2 atom stereocenters. The molecule has 0 amide bonds. The molecule has 0 fully saturated rings. The first kappa shape index (κ1) is 12.7. The molecule has 0 radical (unpaired) electrons. The SMILES string of the molecule is C=CCC(CCCCC)C(O)CO. The van der Waals surface area contributed by atoms with E-state index in [1.807, 2.05) is 6.08 Å². The van der Waals surface area contributed by atoms with Crippen LogP contribution in [0.25, 0.3) is 0 Å². The van der Waals surface area contributed by atoms with Crippen molar-refractivity contribution in [1.29, 1.82) is 0 Å². The maximum absolute atomic E-state index is 9.45. The fourth-order valence-electron chi connectivity index (χ4n) is 1.49. The average Bonchev–Trinajstić information content (AvgIpc) is 2.16. The summed E-state index contributed by atoms with van der Waals surface area (Å²) in [5.74, 6) is 0.189. The van der Waals surface area contributed by atoms with Crippen molar-refractivity contribution in [3.05, 3.63) is 12.7 Å². The molecule has 13 heavy (non-hydrogen) atoms. The highest BCUT2D eigenvalue weighted by molar-refractivity contribution is 4.77. The van der Waals surface area contributed by atoms with Crippen molar-refractivity contribution < 1.29 is 10.2 Å². The summed E-state index contributed by atoms with van der Waals surface area (Å²) < 4.78 is 0. The summed E-state index contributed by atoms with van der Waals surface area (Å²) in [4.78, 5) is 0. The van der Waals surface area contributed by atoms with Gasteiger partial charge in [0.1, 0.15) is 0 Å². The van der Waals surface area contributed by atoms with E-state index in [0.29, 0.717) is 0 Å². The van der Waals surface area contributed by atoms with E-state index >= 15 is 0 Å². The van der Waals surface area contributed by atoms with Crippen LogP contribution in [0, 0.1) is 5.92 Å². The fourth-order valence-corrected chi connectivity index (χ4v) is 1.49. The van der Waals surface area contributed by atoms with Crippen molar-refractivity contribution in [3.8, 4) is 0 Å². The van der Waals surface area contributed by atoms with Crippen molar-refractivity contribution in [2.75, 3.05) is 6.61 Å². The van der Waals surface area contributed by atoms with E-state index in [4.69, 9.17) is 5.11 Å². The van der Waals surface area contributed by atoms with Crippen LogP contribution in [-0.2, 0) is 0 Å². The quantitative estimate of drug-likeness (QED) is 0.450. The summed E-state index contributed by atoms with van der Waals surface area (Å²) in [7, 11) is 0. The van der Waals surface area contributed by atoms with Gasteiger partial charge in [-0.05, 0) is 18.8 Å². The van der Waals surface area contributed by atoms with Gasteiger partial charge >= 0.3 is 0 Å². The molecule has 0 aliphatic heterocycles. The normalized spacial score (nSPS) is 15.3. The van der Waals surface area contributed by atoms with Crippen LogP contribution in [0.4, 0.5) is 0 Å². The molecule has 78 valence electrons. The average molecular weight is 186 g/mol. The molecule has 0 saturated carbocycles. The summed E-state index contributed by atoms with van der Waals surface area (Å²) in [6.07, 6.45) is 6.55. The smallest absolute Gasteiger partial charge is 0.0801 e. The fraction of sp³-hybridized carbons (Fsp3) is 0.818. The first-order chi connectivity index (χ1) is 6.26.